The quantitative estimate of drug-likeness (QED) is 0.840. The van der Waals surface area contributed by atoms with Gasteiger partial charge in [0.15, 0.2) is 0 Å². The van der Waals surface area contributed by atoms with Gasteiger partial charge in [0.25, 0.3) is 0 Å². The van der Waals surface area contributed by atoms with Gasteiger partial charge >= 0.3 is 0 Å². The van der Waals surface area contributed by atoms with E-state index in [-0.39, 0.29) is 11.5 Å². The summed E-state index contributed by atoms with van der Waals surface area (Å²) in [6.07, 6.45) is 0. The number of nitriles is 1. The molecule has 1 aromatic carbocycles. The maximum atomic E-state index is 9.11. The Balaban J connectivity index is 3.06. The molecule has 92 valence electrons. The lowest BCUT2D eigenvalue weighted by Crippen LogP contribution is -2.40. The Labute approximate surface area is 104 Å². The number of para-hydroxylation sites is 1. The van der Waals surface area contributed by atoms with Crippen LogP contribution in [0.25, 0.3) is 0 Å². The first-order valence-corrected chi connectivity index (χ1v) is 5.86. The molecule has 0 aliphatic carbocycles. The molecule has 0 heterocycles. The van der Waals surface area contributed by atoms with Crippen molar-refractivity contribution in [1.82, 2.24) is 0 Å². The fraction of sp³-hybridized carbons (Fsp3) is 0.500. The molecule has 0 aliphatic heterocycles. The number of nitrogens with two attached hydrogens (primary N) is 1. The van der Waals surface area contributed by atoms with Gasteiger partial charge in [0, 0.05) is 12.6 Å². The van der Waals surface area contributed by atoms with Gasteiger partial charge in [-0.15, -0.1) is 0 Å². The molecule has 1 aromatic rings. The van der Waals surface area contributed by atoms with Crippen molar-refractivity contribution in [1.29, 1.82) is 5.26 Å². The first kappa shape index (κ1) is 13.5. The number of nitrogens with one attached hydrogen (secondary N) is 1. The van der Waals surface area contributed by atoms with Crippen molar-refractivity contribution < 1.29 is 0 Å². The van der Waals surface area contributed by atoms with E-state index in [2.05, 4.69) is 32.2 Å². The Hall–Kier alpha value is -1.53. The van der Waals surface area contributed by atoms with Gasteiger partial charge in [-0.1, -0.05) is 32.9 Å². The predicted octanol–water partition coefficient (Wildman–Crippen LogP) is 2.65. The average Bonchev–Trinajstić information content (AvgIpc) is 2.25. The van der Waals surface area contributed by atoms with Crippen LogP contribution in [0.15, 0.2) is 18.2 Å². The van der Waals surface area contributed by atoms with Crippen molar-refractivity contribution in [2.45, 2.75) is 33.7 Å². The largest absolute Gasteiger partial charge is 0.379 e. The van der Waals surface area contributed by atoms with Crippen molar-refractivity contribution in [2.75, 3.05) is 11.9 Å². The van der Waals surface area contributed by atoms with Crippen LogP contribution < -0.4 is 11.1 Å². The van der Waals surface area contributed by atoms with Gasteiger partial charge in [-0.05, 0) is 24.0 Å². The normalized spacial score (nSPS) is 12.9. The minimum atomic E-state index is 0.0593. The first-order chi connectivity index (χ1) is 7.90. The molecule has 1 atom stereocenters. The highest BCUT2D eigenvalue weighted by Crippen LogP contribution is 2.26. The number of nitrogens with zero attached hydrogens (tertiary/aromatic N) is 1. The highest BCUT2D eigenvalue weighted by molar-refractivity contribution is 5.62. The van der Waals surface area contributed by atoms with Crippen LogP contribution in [0.2, 0.25) is 0 Å². The topological polar surface area (TPSA) is 61.8 Å². The second kappa shape index (κ2) is 5.20. The zero-order chi connectivity index (χ0) is 13.1. The maximum absolute atomic E-state index is 9.11. The number of hydrogen-bond acceptors (Lipinski definition) is 3. The molecule has 0 spiro atoms. The monoisotopic (exact) mass is 231 g/mol. The van der Waals surface area contributed by atoms with Crippen LogP contribution in [0, 0.1) is 23.7 Å². The Morgan fingerprint density at radius 1 is 1.41 bits per heavy atom. The molecule has 3 heteroatoms. The summed E-state index contributed by atoms with van der Waals surface area (Å²) in [5, 5.41) is 12.5. The van der Waals surface area contributed by atoms with E-state index >= 15 is 0 Å². The van der Waals surface area contributed by atoms with Gasteiger partial charge < -0.3 is 11.1 Å². The Morgan fingerprint density at radius 3 is 2.53 bits per heavy atom. The molecule has 0 saturated carbocycles. The standard InChI is InChI=1S/C14H21N3/c1-10-6-5-7-11(8-15)13(10)17-12(9-16)14(2,3)4/h5-7,12,17H,9,16H2,1-4H3. The fourth-order valence-electron chi connectivity index (χ4n) is 1.76. The van der Waals surface area contributed by atoms with Crippen LogP contribution in [-0.4, -0.2) is 12.6 Å². The third-order valence-electron chi connectivity index (χ3n) is 2.99. The molecule has 3 N–H and O–H groups in total. The van der Waals surface area contributed by atoms with E-state index in [1.807, 2.05) is 25.1 Å². The minimum Gasteiger partial charge on any atom is -0.379 e. The lowest BCUT2D eigenvalue weighted by molar-refractivity contribution is 0.346. The van der Waals surface area contributed by atoms with Crippen LogP contribution in [-0.2, 0) is 0 Å². The smallest absolute Gasteiger partial charge is 0.101 e. The van der Waals surface area contributed by atoms with Crippen molar-refractivity contribution in [3.63, 3.8) is 0 Å². The van der Waals surface area contributed by atoms with Gasteiger partial charge in [0.05, 0.1) is 11.3 Å². The van der Waals surface area contributed by atoms with Crippen LogP contribution in [0.3, 0.4) is 0 Å². The van der Waals surface area contributed by atoms with E-state index in [1.165, 1.54) is 0 Å². The fourth-order valence-corrected chi connectivity index (χ4v) is 1.76. The van der Waals surface area contributed by atoms with Gasteiger partial charge in [0.1, 0.15) is 6.07 Å². The first-order valence-electron chi connectivity index (χ1n) is 5.86. The van der Waals surface area contributed by atoms with Crippen molar-refractivity contribution >= 4 is 5.69 Å². The Bertz CT molecular complexity index is 424. The van der Waals surface area contributed by atoms with Crippen molar-refractivity contribution in [3.8, 4) is 6.07 Å². The second-order valence-corrected chi connectivity index (χ2v) is 5.41. The highest BCUT2D eigenvalue weighted by Gasteiger charge is 2.24. The van der Waals surface area contributed by atoms with E-state index in [0.29, 0.717) is 12.1 Å². The summed E-state index contributed by atoms with van der Waals surface area (Å²) < 4.78 is 0. The summed E-state index contributed by atoms with van der Waals surface area (Å²) in [4.78, 5) is 0. The molecule has 1 unspecified atom stereocenters. The number of rotatable bonds is 3. The van der Waals surface area contributed by atoms with E-state index < -0.39 is 0 Å². The van der Waals surface area contributed by atoms with Gasteiger partial charge in [-0.25, -0.2) is 0 Å². The number of anilines is 1. The molecular weight excluding hydrogens is 210 g/mol. The summed E-state index contributed by atoms with van der Waals surface area (Å²) in [5.74, 6) is 0. The lowest BCUT2D eigenvalue weighted by Gasteiger charge is -2.32. The molecular formula is C14H21N3. The molecule has 3 nitrogen and oxygen atoms in total. The average molecular weight is 231 g/mol. The third-order valence-corrected chi connectivity index (χ3v) is 2.99. The van der Waals surface area contributed by atoms with Crippen LogP contribution in [0.1, 0.15) is 31.9 Å². The maximum Gasteiger partial charge on any atom is 0.101 e. The molecule has 17 heavy (non-hydrogen) atoms. The van der Waals surface area contributed by atoms with Gasteiger partial charge in [-0.2, -0.15) is 5.26 Å². The zero-order valence-corrected chi connectivity index (χ0v) is 11.0. The molecule has 0 bridgehead atoms. The molecule has 0 aliphatic rings. The third kappa shape index (κ3) is 3.21. The van der Waals surface area contributed by atoms with E-state index in [0.717, 1.165) is 11.3 Å². The van der Waals surface area contributed by atoms with E-state index in [4.69, 9.17) is 11.0 Å². The summed E-state index contributed by atoms with van der Waals surface area (Å²) in [7, 11) is 0. The highest BCUT2D eigenvalue weighted by atomic mass is 15.0. The molecule has 1 rings (SSSR count). The summed E-state index contributed by atoms with van der Waals surface area (Å²) in [6, 6.07) is 8.08. The minimum absolute atomic E-state index is 0.0593. The number of aryl methyl sites for hydroxylation is 1. The lowest BCUT2D eigenvalue weighted by atomic mass is 9.86. The van der Waals surface area contributed by atoms with E-state index in [1.54, 1.807) is 0 Å². The predicted molar refractivity (Wildman–Crippen MR) is 71.8 cm³/mol. The Morgan fingerprint density at radius 2 is 2.06 bits per heavy atom. The molecule has 0 saturated heterocycles. The van der Waals surface area contributed by atoms with Crippen LogP contribution in [0.5, 0.6) is 0 Å². The molecule has 0 aromatic heterocycles. The molecule has 0 amide bonds. The van der Waals surface area contributed by atoms with Gasteiger partial charge in [0.2, 0.25) is 0 Å². The second-order valence-electron chi connectivity index (χ2n) is 5.41. The van der Waals surface area contributed by atoms with Crippen molar-refractivity contribution in [2.24, 2.45) is 11.1 Å². The van der Waals surface area contributed by atoms with Gasteiger partial charge in [-0.3, -0.25) is 0 Å². The molecule has 0 radical (unpaired) electrons. The summed E-state index contributed by atoms with van der Waals surface area (Å²) >= 11 is 0. The summed E-state index contributed by atoms with van der Waals surface area (Å²) in [6.45, 7) is 8.97. The molecule has 0 fully saturated rings. The van der Waals surface area contributed by atoms with Crippen LogP contribution >= 0.6 is 0 Å². The Kier molecular flexibility index (Phi) is 4.14. The SMILES string of the molecule is Cc1cccc(C#N)c1NC(CN)C(C)(C)C. The van der Waals surface area contributed by atoms with E-state index in [9.17, 15) is 0 Å². The number of benzene rings is 1. The number of hydrogen-bond donors (Lipinski definition) is 2. The summed E-state index contributed by atoms with van der Waals surface area (Å²) in [5.41, 5.74) is 8.51. The van der Waals surface area contributed by atoms with Crippen LogP contribution in [0.4, 0.5) is 5.69 Å². The van der Waals surface area contributed by atoms with Crippen molar-refractivity contribution in [3.05, 3.63) is 29.3 Å². The zero-order valence-electron chi connectivity index (χ0n) is 11.0.